The molecule has 4 rings (SSSR count). The number of hydrogen-bond donors (Lipinski definition) is 3. The van der Waals surface area contributed by atoms with Crippen LogP contribution >= 0.6 is 35.3 Å². The Bertz CT molecular complexity index is 1140. The lowest BCUT2D eigenvalue weighted by Crippen LogP contribution is -2.62. The molecule has 3 N–H and O–H groups in total. The smallest absolute Gasteiger partial charge is 0.314 e. The number of hydrogen-bond acceptors (Lipinski definition) is 8. The zero-order chi connectivity index (χ0) is 25.1. The van der Waals surface area contributed by atoms with Crippen LogP contribution in [0, 0.1) is 0 Å². The van der Waals surface area contributed by atoms with Crippen molar-refractivity contribution in [3.63, 3.8) is 0 Å². The van der Waals surface area contributed by atoms with Crippen LogP contribution in [0.3, 0.4) is 0 Å². The van der Waals surface area contributed by atoms with Crippen LogP contribution in [0.2, 0.25) is 5.02 Å². The third-order valence-electron chi connectivity index (χ3n) is 5.98. The Balaban J connectivity index is 0.00000361. The van der Waals surface area contributed by atoms with E-state index in [-0.39, 0.29) is 36.6 Å². The minimum absolute atomic E-state index is 0. The van der Waals surface area contributed by atoms with Crippen molar-refractivity contribution in [1.29, 1.82) is 0 Å². The Morgan fingerprint density at radius 2 is 1.89 bits per heavy atom. The van der Waals surface area contributed by atoms with Crippen LogP contribution in [0.25, 0.3) is 0 Å². The molecule has 14 heteroatoms. The number of carbonyl (C=O) groups is 4. The SMILES string of the molecule is CC(=O)N1CC[C@H](NC(=O)C(=O)Nc2ccc(Cl)cn2)[C@H](NC(=O)c2nc3c(s2)CN(C)CC3)C1.Cl. The van der Waals surface area contributed by atoms with Gasteiger partial charge in [-0.1, -0.05) is 11.6 Å². The molecule has 0 unspecified atom stereocenters. The van der Waals surface area contributed by atoms with Gasteiger partial charge in [-0.3, -0.25) is 19.2 Å². The number of fused-ring (bicyclic) bond motifs is 1. The van der Waals surface area contributed by atoms with Crippen LogP contribution in [0.4, 0.5) is 5.82 Å². The molecule has 2 aliphatic heterocycles. The number of thiazole rings is 1. The number of amides is 4. The highest BCUT2D eigenvalue weighted by Gasteiger charge is 2.34. The van der Waals surface area contributed by atoms with E-state index in [9.17, 15) is 19.2 Å². The number of aromatic nitrogens is 2. The summed E-state index contributed by atoms with van der Waals surface area (Å²) in [6, 6.07) is 1.88. The fraction of sp³-hybridized carbons (Fsp3) is 0.455. The fourth-order valence-corrected chi connectivity index (χ4v) is 5.27. The number of rotatable bonds is 4. The normalized spacial score (nSPS) is 19.5. The molecule has 36 heavy (non-hydrogen) atoms. The zero-order valence-corrected chi connectivity index (χ0v) is 22.1. The van der Waals surface area contributed by atoms with E-state index < -0.39 is 23.9 Å². The standard InChI is InChI=1S/C22H26ClN7O4S.ClH/c1-12(31)30-8-6-14(25-19(32)20(33)28-18-4-3-13(23)9-24-18)16(10-30)26-21(34)22-27-15-5-7-29(2)11-17(15)35-22;/h3-4,9,14,16H,5-8,10-11H2,1-2H3,(H,25,32)(H,26,34)(H,24,28,33);1H/t14-,16+;/m0./s1. The predicted octanol–water partition coefficient (Wildman–Crippen LogP) is 1.08. The Morgan fingerprint density at radius 1 is 1.11 bits per heavy atom. The van der Waals surface area contributed by atoms with E-state index in [0.717, 1.165) is 30.1 Å². The first kappa shape index (κ1) is 27.8. The first-order valence-electron chi connectivity index (χ1n) is 11.2. The third-order valence-corrected chi connectivity index (χ3v) is 7.29. The lowest BCUT2D eigenvalue weighted by atomic mass is 9.98. The monoisotopic (exact) mass is 555 g/mol. The van der Waals surface area contributed by atoms with Gasteiger partial charge in [0.2, 0.25) is 5.91 Å². The summed E-state index contributed by atoms with van der Waals surface area (Å²) in [7, 11) is 2.02. The molecule has 0 aromatic carbocycles. The number of nitrogens with zero attached hydrogens (tertiary/aromatic N) is 4. The molecule has 0 aliphatic carbocycles. The van der Waals surface area contributed by atoms with Crippen molar-refractivity contribution in [3.8, 4) is 0 Å². The van der Waals surface area contributed by atoms with Crippen molar-refractivity contribution in [2.75, 3.05) is 32.0 Å². The van der Waals surface area contributed by atoms with Gasteiger partial charge in [0.05, 0.1) is 22.8 Å². The molecule has 0 radical (unpaired) electrons. The van der Waals surface area contributed by atoms with E-state index in [1.165, 1.54) is 30.5 Å². The van der Waals surface area contributed by atoms with Crippen molar-refractivity contribution in [2.24, 2.45) is 0 Å². The van der Waals surface area contributed by atoms with E-state index in [1.807, 2.05) is 7.05 Å². The highest BCUT2D eigenvalue weighted by Crippen LogP contribution is 2.25. The summed E-state index contributed by atoms with van der Waals surface area (Å²) in [6.07, 6.45) is 2.52. The molecule has 0 saturated carbocycles. The Hall–Kier alpha value is -2.80. The number of anilines is 1. The van der Waals surface area contributed by atoms with Gasteiger partial charge in [0.1, 0.15) is 5.82 Å². The van der Waals surface area contributed by atoms with Crippen molar-refractivity contribution < 1.29 is 19.2 Å². The largest absolute Gasteiger partial charge is 0.343 e. The number of nitrogens with one attached hydrogen (secondary N) is 3. The number of halogens is 2. The van der Waals surface area contributed by atoms with Crippen LogP contribution in [0.5, 0.6) is 0 Å². The van der Waals surface area contributed by atoms with E-state index in [4.69, 9.17) is 11.6 Å². The van der Waals surface area contributed by atoms with Crippen molar-refractivity contribution in [2.45, 2.75) is 38.4 Å². The summed E-state index contributed by atoms with van der Waals surface area (Å²) >= 11 is 7.14. The molecular weight excluding hydrogens is 529 g/mol. The first-order valence-corrected chi connectivity index (χ1v) is 12.4. The quantitative estimate of drug-likeness (QED) is 0.480. The fourth-order valence-electron chi connectivity index (χ4n) is 4.06. The van der Waals surface area contributed by atoms with Crippen LogP contribution in [-0.2, 0) is 27.3 Å². The number of likely N-dealkylation sites (tertiary alicyclic amines) is 1. The molecule has 2 atom stereocenters. The Kier molecular flexibility index (Phi) is 9.23. The van der Waals surface area contributed by atoms with Gasteiger partial charge in [-0.05, 0) is 25.6 Å². The van der Waals surface area contributed by atoms with Crippen LogP contribution < -0.4 is 16.0 Å². The van der Waals surface area contributed by atoms with Crippen LogP contribution in [-0.4, -0.2) is 82.2 Å². The second-order valence-corrected chi connectivity index (χ2v) is 10.1. The van der Waals surface area contributed by atoms with E-state index in [1.54, 1.807) is 11.0 Å². The summed E-state index contributed by atoms with van der Waals surface area (Å²) in [5, 5.41) is 8.77. The van der Waals surface area contributed by atoms with E-state index >= 15 is 0 Å². The molecule has 4 heterocycles. The van der Waals surface area contributed by atoms with Crippen molar-refractivity contribution >= 4 is 64.8 Å². The highest BCUT2D eigenvalue weighted by molar-refractivity contribution is 7.13. The number of pyridine rings is 1. The van der Waals surface area contributed by atoms with Gasteiger partial charge in [-0.2, -0.15) is 0 Å². The van der Waals surface area contributed by atoms with Gasteiger partial charge < -0.3 is 25.8 Å². The second kappa shape index (κ2) is 12.0. The molecule has 0 spiro atoms. The third kappa shape index (κ3) is 6.69. The van der Waals surface area contributed by atoms with Crippen molar-refractivity contribution in [3.05, 3.63) is 38.9 Å². The number of piperidine rings is 1. The van der Waals surface area contributed by atoms with E-state index in [0.29, 0.717) is 23.0 Å². The molecule has 1 fully saturated rings. The lowest BCUT2D eigenvalue weighted by molar-refractivity contribution is -0.137. The number of likely N-dealkylation sites (N-methyl/N-ethyl adjacent to an activating group) is 1. The average molecular weight is 556 g/mol. The Morgan fingerprint density at radius 3 is 2.58 bits per heavy atom. The van der Waals surface area contributed by atoms with Gasteiger partial charge in [0.15, 0.2) is 5.01 Å². The number of carbonyl (C=O) groups excluding carboxylic acids is 4. The molecule has 0 bridgehead atoms. The summed E-state index contributed by atoms with van der Waals surface area (Å²) in [5.74, 6) is -2.07. The minimum atomic E-state index is -0.893. The molecule has 2 aliphatic rings. The summed E-state index contributed by atoms with van der Waals surface area (Å²) in [5.41, 5.74) is 0.935. The topological polar surface area (TPSA) is 137 Å². The molecule has 11 nitrogen and oxygen atoms in total. The summed E-state index contributed by atoms with van der Waals surface area (Å²) < 4.78 is 0. The summed E-state index contributed by atoms with van der Waals surface area (Å²) in [6.45, 7) is 3.69. The minimum Gasteiger partial charge on any atom is -0.343 e. The maximum absolute atomic E-state index is 13.0. The lowest BCUT2D eigenvalue weighted by Gasteiger charge is -2.38. The molecule has 4 amide bonds. The van der Waals surface area contributed by atoms with Gasteiger partial charge in [-0.25, -0.2) is 9.97 Å². The maximum atomic E-state index is 13.0. The molecule has 2 aromatic rings. The van der Waals surface area contributed by atoms with Crippen LogP contribution in [0.1, 0.15) is 33.7 Å². The molecule has 194 valence electrons. The molecule has 1 saturated heterocycles. The molecular formula is C22H27Cl2N7O4S. The molecule has 2 aromatic heterocycles. The van der Waals surface area contributed by atoms with Gasteiger partial charge >= 0.3 is 11.8 Å². The predicted molar refractivity (Wildman–Crippen MR) is 137 cm³/mol. The second-order valence-electron chi connectivity index (χ2n) is 8.61. The maximum Gasteiger partial charge on any atom is 0.314 e. The van der Waals surface area contributed by atoms with Gasteiger partial charge in [0.25, 0.3) is 5.91 Å². The highest BCUT2D eigenvalue weighted by atomic mass is 35.5. The Labute approximate surface area is 223 Å². The zero-order valence-electron chi connectivity index (χ0n) is 19.7. The van der Waals surface area contributed by atoms with Gasteiger partial charge in [-0.15, -0.1) is 23.7 Å². The van der Waals surface area contributed by atoms with E-state index in [2.05, 4.69) is 30.8 Å². The average Bonchev–Trinajstić information content (AvgIpc) is 3.25. The van der Waals surface area contributed by atoms with Crippen LogP contribution in [0.15, 0.2) is 18.3 Å². The summed E-state index contributed by atoms with van der Waals surface area (Å²) in [4.78, 5) is 63.2. The first-order chi connectivity index (χ1) is 16.7. The van der Waals surface area contributed by atoms with Gasteiger partial charge in [0, 0.05) is 50.6 Å². The van der Waals surface area contributed by atoms with Crippen molar-refractivity contribution in [1.82, 2.24) is 30.4 Å².